The molecule has 1 aliphatic carbocycles. The van der Waals surface area contributed by atoms with Gasteiger partial charge in [0.05, 0.1) is 12.5 Å². The van der Waals surface area contributed by atoms with E-state index < -0.39 is 0 Å². The second-order valence-corrected chi connectivity index (χ2v) is 6.48. The Labute approximate surface area is 128 Å². The van der Waals surface area contributed by atoms with Gasteiger partial charge in [-0.15, -0.1) is 0 Å². The number of amides is 2. The van der Waals surface area contributed by atoms with Crippen molar-refractivity contribution in [3.63, 3.8) is 0 Å². The number of nitrogens with zero attached hydrogens (tertiary/aromatic N) is 2. The summed E-state index contributed by atoms with van der Waals surface area (Å²) in [5, 5.41) is 3.30. The SMILES string of the molecule is CCC(CC)N1C(=O)CC(NCC(C)N(C)C2CC2)C1=O. The van der Waals surface area contributed by atoms with E-state index >= 15 is 0 Å². The number of likely N-dealkylation sites (N-methyl/N-ethyl adjacent to an activating group) is 1. The molecule has 120 valence electrons. The van der Waals surface area contributed by atoms with Crippen LogP contribution in [0, 0.1) is 0 Å². The zero-order valence-electron chi connectivity index (χ0n) is 13.8. The van der Waals surface area contributed by atoms with E-state index in [1.54, 1.807) is 0 Å². The molecule has 0 radical (unpaired) electrons. The maximum Gasteiger partial charge on any atom is 0.247 e. The molecular weight excluding hydrogens is 266 g/mol. The molecule has 0 aromatic carbocycles. The number of rotatable bonds is 8. The normalized spacial score (nSPS) is 24.5. The van der Waals surface area contributed by atoms with Crippen molar-refractivity contribution in [2.75, 3.05) is 13.6 Å². The molecule has 2 rings (SSSR count). The van der Waals surface area contributed by atoms with Crippen LogP contribution in [0.5, 0.6) is 0 Å². The first-order valence-corrected chi connectivity index (χ1v) is 8.30. The Morgan fingerprint density at radius 2 is 1.90 bits per heavy atom. The van der Waals surface area contributed by atoms with Gasteiger partial charge in [0.1, 0.15) is 0 Å². The van der Waals surface area contributed by atoms with Crippen molar-refractivity contribution in [1.29, 1.82) is 0 Å². The lowest BCUT2D eigenvalue weighted by atomic mass is 10.1. The van der Waals surface area contributed by atoms with Gasteiger partial charge in [0.25, 0.3) is 0 Å². The Hall–Kier alpha value is -0.940. The van der Waals surface area contributed by atoms with Gasteiger partial charge in [0, 0.05) is 24.7 Å². The Morgan fingerprint density at radius 1 is 1.29 bits per heavy atom. The zero-order valence-corrected chi connectivity index (χ0v) is 13.8. The minimum atomic E-state index is -0.326. The minimum Gasteiger partial charge on any atom is -0.304 e. The van der Waals surface area contributed by atoms with E-state index in [1.807, 2.05) is 13.8 Å². The highest BCUT2D eigenvalue weighted by Crippen LogP contribution is 2.27. The van der Waals surface area contributed by atoms with Crippen LogP contribution >= 0.6 is 0 Å². The molecule has 2 atom stereocenters. The molecule has 5 nitrogen and oxygen atoms in total. The van der Waals surface area contributed by atoms with Gasteiger partial charge in [-0.25, -0.2) is 0 Å². The summed E-state index contributed by atoms with van der Waals surface area (Å²) in [5.74, 6) is -0.0515. The third-order valence-electron chi connectivity index (χ3n) is 4.97. The van der Waals surface area contributed by atoms with Crippen LogP contribution in [0.1, 0.15) is 52.9 Å². The molecule has 2 aliphatic rings. The number of carbonyl (C=O) groups excluding carboxylic acids is 2. The summed E-state index contributed by atoms with van der Waals surface area (Å²) in [6, 6.07) is 0.836. The first-order chi connectivity index (χ1) is 9.99. The van der Waals surface area contributed by atoms with E-state index in [9.17, 15) is 9.59 Å². The molecule has 5 heteroatoms. The fraction of sp³-hybridized carbons (Fsp3) is 0.875. The van der Waals surface area contributed by atoms with Crippen molar-refractivity contribution in [3.05, 3.63) is 0 Å². The highest BCUT2D eigenvalue weighted by molar-refractivity contribution is 6.05. The summed E-state index contributed by atoms with van der Waals surface area (Å²) in [7, 11) is 2.14. The quantitative estimate of drug-likeness (QED) is 0.687. The number of carbonyl (C=O) groups is 2. The molecule has 2 fully saturated rings. The fourth-order valence-electron chi connectivity index (χ4n) is 3.15. The van der Waals surface area contributed by atoms with Crippen molar-refractivity contribution in [3.8, 4) is 0 Å². The van der Waals surface area contributed by atoms with E-state index in [2.05, 4.69) is 24.2 Å². The Balaban J connectivity index is 1.87. The van der Waals surface area contributed by atoms with Gasteiger partial charge in [-0.2, -0.15) is 0 Å². The van der Waals surface area contributed by atoms with Crippen LogP contribution in [-0.4, -0.2) is 59.4 Å². The summed E-state index contributed by atoms with van der Waals surface area (Å²) >= 11 is 0. The van der Waals surface area contributed by atoms with E-state index in [0.717, 1.165) is 19.4 Å². The number of imide groups is 1. The van der Waals surface area contributed by atoms with Crippen molar-refractivity contribution in [2.24, 2.45) is 0 Å². The average Bonchev–Trinajstić information content (AvgIpc) is 3.27. The van der Waals surface area contributed by atoms with Crippen LogP contribution in [0.15, 0.2) is 0 Å². The molecule has 1 saturated heterocycles. The summed E-state index contributed by atoms with van der Waals surface area (Å²) in [4.78, 5) is 28.4. The predicted octanol–water partition coefficient (Wildman–Crippen LogP) is 1.37. The molecule has 0 spiro atoms. The third kappa shape index (κ3) is 3.64. The van der Waals surface area contributed by atoms with Gasteiger partial charge in [-0.05, 0) is 39.7 Å². The average molecular weight is 295 g/mol. The van der Waals surface area contributed by atoms with Crippen LogP contribution < -0.4 is 5.32 Å². The molecule has 2 amide bonds. The Bertz CT molecular complexity index is 391. The molecule has 2 unspecified atom stereocenters. The smallest absolute Gasteiger partial charge is 0.247 e. The summed E-state index contributed by atoms with van der Waals surface area (Å²) < 4.78 is 0. The molecule has 1 heterocycles. The maximum absolute atomic E-state index is 12.4. The highest BCUT2D eigenvalue weighted by Gasteiger charge is 2.41. The van der Waals surface area contributed by atoms with Crippen molar-refractivity contribution in [1.82, 2.24) is 15.1 Å². The monoisotopic (exact) mass is 295 g/mol. The summed E-state index contributed by atoms with van der Waals surface area (Å²) in [6.07, 6.45) is 4.55. The van der Waals surface area contributed by atoms with Crippen LogP contribution in [0.25, 0.3) is 0 Å². The van der Waals surface area contributed by atoms with Gasteiger partial charge < -0.3 is 5.32 Å². The molecule has 0 aromatic rings. The van der Waals surface area contributed by atoms with Crippen molar-refractivity contribution >= 4 is 11.8 Å². The Morgan fingerprint density at radius 3 is 2.43 bits per heavy atom. The van der Waals surface area contributed by atoms with E-state index in [0.29, 0.717) is 18.5 Å². The third-order valence-corrected chi connectivity index (χ3v) is 4.97. The number of hydrogen-bond donors (Lipinski definition) is 1. The highest BCUT2D eigenvalue weighted by atomic mass is 16.2. The van der Waals surface area contributed by atoms with Crippen LogP contribution in [0.2, 0.25) is 0 Å². The standard InChI is InChI=1S/C16H29N3O2/c1-5-12(6-2)19-15(20)9-14(16(19)21)17-10-11(3)18(4)13-7-8-13/h11-14,17H,5-10H2,1-4H3. The predicted molar refractivity (Wildman–Crippen MR) is 82.9 cm³/mol. The lowest BCUT2D eigenvalue weighted by Gasteiger charge is -2.27. The zero-order chi connectivity index (χ0) is 15.6. The van der Waals surface area contributed by atoms with Gasteiger partial charge >= 0.3 is 0 Å². The first kappa shape index (κ1) is 16.4. The largest absolute Gasteiger partial charge is 0.304 e. The molecule has 1 aliphatic heterocycles. The summed E-state index contributed by atoms with van der Waals surface area (Å²) in [6.45, 7) is 6.99. The van der Waals surface area contributed by atoms with Gasteiger partial charge in [0.15, 0.2) is 0 Å². The number of nitrogens with one attached hydrogen (secondary N) is 1. The second-order valence-electron chi connectivity index (χ2n) is 6.48. The molecular formula is C16H29N3O2. The number of hydrogen-bond acceptors (Lipinski definition) is 4. The minimum absolute atomic E-state index is 0.0191. The fourth-order valence-corrected chi connectivity index (χ4v) is 3.15. The molecule has 1 saturated carbocycles. The maximum atomic E-state index is 12.4. The summed E-state index contributed by atoms with van der Waals surface area (Å²) in [5.41, 5.74) is 0. The van der Waals surface area contributed by atoms with Crippen molar-refractivity contribution in [2.45, 2.75) is 77.0 Å². The lowest BCUT2D eigenvalue weighted by molar-refractivity contribution is -0.141. The second kappa shape index (κ2) is 6.88. The number of likely N-dealkylation sites (tertiary alicyclic amines) is 1. The van der Waals surface area contributed by atoms with E-state index in [1.165, 1.54) is 17.7 Å². The van der Waals surface area contributed by atoms with Gasteiger partial charge in [-0.3, -0.25) is 19.4 Å². The molecule has 1 N–H and O–H groups in total. The Kier molecular flexibility index (Phi) is 5.38. The van der Waals surface area contributed by atoms with Crippen molar-refractivity contribution < 1.29 is 9.59 Å². The van der Waals surface area contributed by atoms with E-state index in [4.69, 9.17) is 0 Å². The lowest BCUT2D eigenvalue weighted by Crippen LogP contribution is -2.47. The van der Waals surface area contributed by atoms with Crippen LogP contribution in [0.4, 0.5) is 0 Å². The van der Waals surface area contributed by atoms with Gasteiger partial charge in [0.2, 0.25) is 11.8 Å². The molecule has 21 heavy (non-hydrogen) atoms. The molecule has 0 aromatic heterocycles. The topological polar surface area (TPSA) is 52.7 Å². The van der Waals surface area contributed by atoms with E-state index in [-0.39, 0.29) is 23.9 Å². The molecule has 0 bridgehead atoms. The van der Waals surface area contributed by atoms with Gasteiger partial charge in [-0.1, -0.05) is 13.8 Å². The first-order valence-electron chi connectivity index (χ1n) is 8.30. The van der Waals surface area contributed by atoms with Crippen LogP contribution in [0.3, 0.4) is 0 Å². The van der Waals surface area contributed by atoms with Crippen LogP contribution in [-0.2, 0) is 9.59 Å².